The minimum absolute atomic E-state index is 0.411. The van der Waals surface area contributed by atoms with Crippen molar-refractivity contribution in [3.63, 3.8) is 0 Å². The maximum absolute atomic E-state index is 11.9. The van der Waals surface area contributed by atoms with E-state index in [2.05, 4.69) is 10.2 Å². The Kier molecular flexibility index (Phi) is 6.77. The van der Waals surface area contributed by atoms with Crippen LogP contribution >= 0.6 is 0 Å². The quantitative estimate of drug-likeness (QED) is 0.678. The van der Waals surface area contributed by atoms with E-state index in [0.717, 1.165) is 32.5 Å². The van der Waals surface area contributed by atoms with Gasteiger partial charge in [0, 0.05) is 6.54 Å². The molecule has 0 aliphatic carbocycles. The van der Waals surface area contributed by atoms with Gasteiger partial charge >= 0.3 is 12.1 Å². The molecule has 0 bridgehead atoms. The highest BCUT2D eigenvalue weighted by Gasteiger charge is 2.38. The molecule has 0 aromatic rings. The Hall–Kier alpha value is -1.31. The fraction of sp³-hybridized carbons (Fsp3) is 0.833. The van der Waals surface area contributed by atoms with Gasteiger partial charge in [-0.3, -0.25) is 9.59 Å². The number of carbonyl (C=O) groups excluding carboxylic acids is 2. The van der Waals surface area contributed by atoms with E-state index in [4.69, 9.17) is 0 Å². The number of hydrogen-bond acceptors (Lipinski definition) is 3. The molecule has 0 saturated carbocycles. The zero-order valence-electron chi connectivity index (χ0n) is 11.3. The zero-order valence-corrected chi connectivity index (χ0v) is 11.3. The Morgan fingerprint density at radius 2 is 1.70 bits per heavy atom. The SMILES string of the molecule is O=C(CNC(=O)C(F)(F)F)NCCCCN1CCCC1. The van der Waals surface area contributed by atoms with Gasteiger partial charge in [0.15, 0.2) is 0 Å². The summed E-state index contributed by atoms with van der Waals surface area (Å²) < 4.78 is 35.6. The first kappa shape index (κ1) is 16.7. The Morgan fingerprint density at radius 3 is 2.30 bits per heavy atom. The second-order valence-corrected chi connectivity index (χ2v) is 4.79. The molecular formula is C12H20F3N3O2. The molecule has 20 heavy (non-hydrogen) atoms. The van der Waals surface area contributed by atoms with E-state index in [1.807, 2.05) is 0 Å². The van der Waals surface area contributed by atoms with Crippen LogP contribution in [0.1, 0.15) is 25.7 Å². The minimum Gasteiger partial charge on any atom is -0.355 e. The first-order chi connectivity index (χ1) is 9.39. The highest BCUT2D eigenvalue weighted by Crippen LogP contribution is 2.13. The number of nitrogens with one attached hydrogen (secondary N) is 2. The van der Waals surface area contributed by atoms with Gasteiger partial charge < -0.3 is 15.5 Å². The van der Waals surface area contributed by atoms with Crippen molar-refractivity contribution in [1.82, 2.24) is 15.5 Å². The molecule has 1 saturated heterocycles. The lowest BCUT2D eigenvalue weighted by atomic mass is 10.3. The van der Waals surface area contributed by atoms with Gasteiger partial charge in [-0.2, -0.15) is 13.2 Å². The van der Waals surface area contributed by atoms with Crippen LogP contribution in [0.3, 0.4) is 0 Å². The molecule has 0 spiro atoms. The van der Waals surface area contributed by atoms with Crippen LogP contribution in [0.15, 0.2) is 0 Å². The van der Waals surface area contributed by atoms with Crippen molar-refractivity contribution >= 4 is 11.8 Å². The van der Waals surface area contributed by atoms with Crippen molar-refractivity contribution in [2.45, 2.75) is 31.9 Å². The van der Waals surface area contributed by atoms with Gasteiger partial charge in [-0.25, -0.2) is 0 Å². The summed E-state index contributed by atoms with van der Waals surface area (Å²) in [5.74, 6) is -2.70. The van der Waals surface area contributed by atoms with E-state index in [-0.39, 0.29) is 0 Å². The molecule has 5 nitrogen and oxygen atoms in total. The number of amides is 2. The standard InChI is InChI=1S/C12H20F3N3O2/c13-12(14,15)11(20)17-9-10(19)16-5-1-2-6-18-7-3-4-8-18/h1-9H2,(H,16,19)(H,17,20). The minimum atomic E-state index is -4.95. The van der Waals surface area contributed by atoms with Gasteiger partial charge in [0.25, 0.3) is 0 Å². The maximum Gasteiger partial charge on any atom is 0.471 e. The number of likely N-dealkylation sites (tertiary alicyclic amines) is 1. The fourth-order valence-electron chi connectivity index (χ4n) is 2.02. The average Bonchev–Trinajstić information content (AvgIpc) is 2.87. The summed E-state index contributed by atoms with van der Waals surface area (Å²) in [7, 11) is 0. The largest absolute Gasteiger partial charge is 0.471 e. The van der Waals surface area contributed by atoms with Gasteiger partial charge in [-0.1, -0.05) is 0 Å². The number of alkyl halides is 3. The van der Waals surface area contributed by atoms with Crippen LogP contribution in [0.2, 0.25) is 0 Å². The van der Waals surface area contributed by atoms with Gasteiger partial charge in [-0.05, 0) is 45.3 Å². The molecule has 1 aliphatic rings. The second-order valence-electron chi connectivity index (χ2n) is 4.79. The number of nitrogens with zero attached hydrogens (tertiary/aromatic N) is 1. The predicted octanol–water partition coefficient (Wildman–Crippen LogP) is 0.657. The second kappa shape index (κ2) is 8.08. The van der Waals surface area contributed by atoms with Crippen LogP contribution < -0.4 is 10.6 Å². The summed E-state index contributed by atoms with van der Waals surface area (Å²) in [5.41, 5.74) is 0. The van der Waals surface area contributed by atoms with Crippen LogP contribution in [-0.4, -0.2) is 55.6 Å². The number of halogens is 3. The molecule has 2 amide bonds. The van der Waals surface area contributed by atoms with Crippen LogP contribution in [0.4, 0.5) is 13.2 Å². The average molecular weight is 295 g/mol. The predicted molar refractivity (Wildman–Crippen MR) is 67.0 cm³/mol. The number of hydrogen-bond donors (Lipinski definition) is 2. The normalized spacial score (nSPS) is 16.1. The molecule has 1 aliphatic heterocycles. The smallest absolute Gasteiger partial charge is 0.355 e. The van der Waals surface area contributed by atoms with E-state index >= 15 is 0 Å². The molecule has 0 aromatic heterocycles. The molecule has 1 fully saturated rings. The number of carbonyl (C=O) groups is 2. The highest BCUT2D eigenvalue weighted by atomic mass is 19.4. The van der Waals surface area contributed by atoms with Crippen molar-refractivity contribution in [3.05, 3.63) is 0 Å². The van der Waals surface area contributed by atoms with Crippen molar-refractivity contribution in [3.8, 4) is 0 Å². The van der Waals surface area contributed by atoms with Crippen LogP contribution in [-0.2, 0) is 9.59 Å². The lowest BCUT2D eigenvalue weighted by Gasteiger charge is -2.14. The molecule has 0 atom stereocenters. The van der Waals surface area contributed by atoms with E-state index in [1.165, 1.54) is 18.2 Å². The third-order valence-electron chi connectivity index (χ3n) is 3.09. The molecule has 0 aromatic carbocycles. The summed E-state index contributed by atoms with van der Waals surface area (Å²) in [5, 5.41) is 4.00. The van der Waals surface area contributed by atoms with Crippen molar-refractivity contribution in [2.24, 2.45) is 0 Å². The van der Waals surface area contributed by atoms with Gasteiger partial charge in [0.05, 0.1) is 6.54 Å². The first-order valence-corrected chi connectivity index (χ1v) is 6.73. The molecule has 1 rings (SSSR count). The highest BCUT2D eigenvalue weighted by molar-refractivity contribution is 5.87. The van der Waals surface area contributed by atoms with Gasteiger partial charge in [0.1, 0.15) is 0 Å². The maximum atomic E-state index is 11.9. The molecule has 8 heteroatoms. The summed E-state index contributed by atoms with van der Waals surface area (Å²) in [4.78, 5) is 24.0. The van der Waals surface area contributed by atoms with E-state index in [0.29, 0.717) is 6.54 Å². The number of rotatable bonds is 7. The molecule has 2 N–H and O–H groups in total. The van der Waals surface area contributed by atoms with Gasteiger partial charge in [-0.15, -0.1) is 0 Å². The summed E-state index contributed by atoms with van der Waals surface area (Å²) in [6.07, 6.45) is -0.772. The zero-order chi connectivity index (χ0) is 15.0. The first-order valence-electron chi connectivity index (χ1n) is 6.73. The molecular weight excluding hydrogens is 275 g/mol. The lowest BCUT2D eigenvalue weighted by molar-refractivity contribution is -0.173. The Labute approximate surface area is 115 Å². The third kappa shape index (κ3) is 6.74. The van der Waals surface area contributed by atoms with Crippen LogP contribution in [0.5, 0.6) is 0 Å². The fourth-order valence-corrected chi connectivity index (χ4v) is 2.02. The Bertz CT molecular complexity index is 328. The Morgan fingerprint density at radius 1 is 1.05 bits per heavy atom. The molecule has 0 unspecified atom stereocenters. The van der Waals surface area contributed by atoms with E-state index < -0.39 is 24.5 Å². The summed E-state index contributed by atoms with van der Waals surface area (Å²) in [6, 6.07) is 0. The van der Waals surface area contributed by atoms with Crippen LogP contribution in [0.25, 0.3) is 0 Å². The summed E-state index contributed by atoms with van der Waals surface area (Å²) in [6.45, 7) is 2.99. The number of unbranched alkanes of at least 4 members (excludes halogenated alkanes) is 1. The van der Waals surface area contributed by atoms with Crippen molar-refractivity contribution in [1.29, 1.82) is 0 Å². The van der Waals surface area contributed by atoms with Crippen molar-refractivity contribution < 1.29 is 22.8 Å². The monoisotopic (exact) mass is 295 g/mol. The topological polar surface area (TPSA) is 61.4 Å². The van der Waals surface area contributed by atoms with E-state index in [9.17, 15) is 22.8 Å². The lowest BCUT2D eigenvalue weighted by Crippen LogP contribution is -2.43. The third-order valence-corrected chi connectivity index (χ3v) is 3.09. The molecule has 1 heterocycles. The van der Waals surface area contributed by atoms with Crippen LogP contribution in [0, 0.1) is 0 Å². The summed E-state index contributed by atoms with van der Waals surface area (Å²) >= 11 is 0. The van der Waals surface area contributed by atoms with Gasteiger partial charge in [0.2, 0.25) is 5.91 Å². The molecule has 0 radical (unpaired) electrons. The van der Waals surface area contributed by atoms with E-state index in [1.54, 1.807) is 0 Å². The molecule has 116 valence electrons. The van der Waals surface area contributed by atoms with Crippen molar-refractivity contribution in [2.75, 3.05) is 32.7 Å². The Balaban J connectivity index is 1.98.